The summed E-state index contributed by atoms with van der Waals surface area (Å²) >= 11 is 1.27. The lowest BCUT2D eigenvalue weighted by Crippen LogP contribution is -2.27. The number of nitrogens with two attached hydrogens (primary N) is 1. The number of fused-ring (bicyclic) bond motifs is 2. The quantitative estimate of drug-likeness (QED) is 0.309. The Morgan fingerprint density at radius 2 is 1.83 bits per heavy atom. The maximum Gasteiger partial charge on any atom is 0.355 e. The standard InChI is InChI=1S/C27H27N3O4S/c1-15-5-8-17(9-6-15)34-27(31)25-24(28)23-22(16-7-10-20(32-3)21(13-16)33-4)18-14-30(2)12-11-19(18)29-26(23)35-25/h5-10,13H,11-12,14,28H2,1-4H3. The first-order valence-corrected chi connectivity index (χ1v) is 12.1. The number of nitrogen functional groups attached to an aromatic ring is 1. The molecule has 5 rings (SSSR count). The van der Waals surface area contributed by atoms with E-state index in [0.29, 0.717) is 27.8 Å². The first-order chi connectivity index (χ1) is 16.9. The predicted octanol–water partition coefficient (Wildman–Crippen LogP) is 5.08. The molecule has 0 saturated heterocycles. The summed E-state index contributed by atoms with van der Waals surface area (Å²) in [6.45, 7) is 3.64. The first kappa shape index (κ1) is 23.1. The van der Waals surface area contributed by atoms with Gasteiger partial charge in [0, 0.05) is 36.2 Å². The number of ether oxygens (including phenoxy) is 3. The molecule has 35 heavy (non-hydrogen) atoms. The number of methoxy groups -OCH3 is 2. The molecule has 3 heterocycles. The van der Waals surface area contributed by atoms with Crippen molar-refractivity contribution in [2.45, 2.75) is 19.9 Å². The van der Waals surface area contributed by atoms with Gasteiger partial charge in [-0.25, -0.2) is 9.78 Å². The third kappa shape index (κ3) is 4.19. The Labute approximate surface area is 208 Å². The SMILES string of the molecule is COc1ccc(-c2c3c(nc4sc(C(=O)Oc5ccc(C)cc5)c(N)c24)CCN(C)C3)cc1OC. The second-order valence-electron chi connectivity index (χ2n) is 8.70. The van der Waals surface area contributed by atoms with E-state index in [2.05, 4.69) is 11.9 Å². The summed E-state index contributed by atoms with van der Waals surface area (Å²) in [5.41, 5.74) is 12.2. The molecule has 1 aliphatic heterocycles. The molecule has 0 amide bonds. The summed E-state index contributed by atoms with van der Waals surface area (Å²) < 4.78 is 16.6. The van der Waals surface area contributed by atoms with Crippen LogP contribution in [0.15, 0.2) is 42.5 Å². The van der Waals surface area contributed by atoms with Crippen LogP contribution in [0.1, 0.15) is 26.5 Å². The molecule has 0 bridgehead atoms. The van der Waals surface area contributed by atoms with Gasteiger partial charge in [-0.1, -0.05) is 23.8 Å². The second-order valence-corrected chi connectivity index (χ2v) is 9.70. The summed E-state index contributed by atoms with van der Waals surface area (Å²) in [4.78, 5) is 21.4. The van der Waals surface area contributed by atoms with Gasteiger partial charge in [-0.3, -0.25) is 0 Å². The maximum atomic E-state index is 13.1. The zero-order valence-corrected chi connectivity index (χ0v) is 21.0. The third-order valence-electron chi connectivity index (χ3n) is 6.31. The molecule has 2 N–H and O–H groups in total. The highest BCUT2D eigenvalue weighted by molar-refractivity contribution is 7.21. The van der Waals surface area contributed by atoms with Gasteiger partial charge in [-0.2, -0.15) is 0 Å². The molecule has 7 nitrogen and oxygen atoms in total. The number of nitrogens with zero attached hydrogens (tertiary/aromatic N) is 2. The van der Waals surface area contributed by atoms with E-state index >= 15 is 0 Å². The van der Waals surface area contributed by atoms with Crippen molar-refractivity contribution in [2.75, 3.05) is 33.5 Å². The van der Waals surface area contributed by atoms with Gasteiger partial charge < -0.3 is 24.8 Å². The smallest absolute Gasteiger partial charge is 0.355 e. The molecule has 0 fully saturated rings. The maximum absolute atomic E-state index is 13.1. The van der Waals surface area contributed by atoms with Crippen molar-refractivity contribution in [3.63, 3.8) is 0 Å². The van der Waals surface area contributed by atoms with E-state index in [1.54, 1.807) is 26.4 Å². The number of aryl methyl sites for hydroxylation is 1. The fourth-order valence-corrected chi connectivity index (χ4v) is 5.48. The highest BCUT2D eigenvalue weighted by Gasteiger charge is 2.28. The fraction of sp³-hybridized carbons (Fsp3) is 0.259. The number of thiophene rings is 1. The molecule has 0 saturated carbocycles. The summed E-state index contributed by atoms with van der Waals surface area (Å²) in [5, 5.41) is 0.770. The van der Waals surface area contributed by atoms with E-state index < -0.39 is 5.97 Å². The minimum absolute atomic E-state index is 0.352. The van der Waals surface area contributed by atoms with Crippen molar-refractivity contribution < 1.29 is 19.0 Å². The Morgan fingerprint density at radius 1 is 1.09 bits per heavy atom. The van der Waals surface area contributed by atoms with Crippen LogP contribution in [0.4, 0.5) is 5.69 Å². The van der Waals surface area contributed by atoms with E-state index in [9.17, 15) is 4.79 Å². The van der Waals surface area contributed by atoms with E-state index in [4.69, 9.17) is 24.9 Å². The summed E-state index contributed by atoms with van der Waals surface area (Å²) in [6, 6.07) is 13.2. The van der Waals surface area contributed by atoms with Crippen LogP contribution in [-0.2, 0) is 13.0 Å². The minimum atomic E-state index is -0.484. The van der Waals surface area contributed by atoms with Crippen molar-refractivity contribution in [3.8, 4) is 28.4 Å². The van der Waals surface area contributed by atoms with Crippen LogP contribution in [-0.4, -0.2) is 43.7 Å². The van der Waals surface area contributed by atoms with Gasteiger partial charge in [0.05, 0.1) is 19.9 Å². The summed E-state index contributed by atoms with van der Waals surface area (Å²) in [6.07, 6.45) is 0.822. The number of anilines is 1. The number of hydrogen-bond acceptors (Lipinski definition) is 8. The lowest BCUT2D eigenvalue weighted by atomic mass is 9.92. The molecule has 180 valence electrons. The van der Waals surface area contributed by atoms with E-state index in [-0.39, 0.29) is 0 Å². The Morgan fingerprint density at radius 3 is 2.54 bits per heavy atom. The normalized spacial score (nSPS) is 13.5. The Kier molecular flexibility index (Phi) is 6.08. The van der Waals surface area contributed by atoms with Crippen molar-refractivity contribution in [1.82, 2.24) is 9.88 Å². The Balaban J connectivity index is 1.69. The zero-order valence-electron chi connectivity index (χ0n) is 20.2. The van der Waals surface area contributed by atoms with E-state index in [0.717, 1.165) is 57.7 Å². The van der Waals surface area contributed by atoms with Gasteiger partial charge in [0.25, 0.3) is 0 Å². The van der Waals surface area contributed by atoms with Gasteiger partial charge in [0.2, 0.25) is 0 Å². The molecular formula is C27H27N3O4S. The molecular weight excluding hydrogens is 462 g/mol. The van der Waals surface area contributed by atoms with Crippen molar-refractivity contribution >= 4 is 33.2 Å². The van der Waals surface area contributed by atoms with Crippen LogP contribution in [0.3, 0.4) is 0 Å². The third-order valence-corrected chi connectivity index (χ3v) is 7.39. The Bertz CT molecular complexity index is 1430. The molecule has 2 aromatic carbocycles. The van der Waals surface area contributed by atoms with E-state index in [1.165, 1.54) is 11.3 Å². The molecule has 2 aromatic heterocycles. The lowest BCUT2D eigenvalue weighted by Gasteiger charge is -2.27. The number of pyridine rings is 1. The monoisotopic (exact) mass is 489 g/mol. The van der Waals surface area contributed by atoms with Crippen LogP contribution in [0.5, 0.6) is 17.2 Å². The van der Waals surface area contributed by atoms with E-state index in [1.807, 2.05) is 37.3 Å². The average Bonchev–Trinajstić information content (AvgIpc) is 3.19. The van der Waals surface area contributed by atoms with Crippen LogP contribution >= 0.6 is 11.3 Å². The topological polar surface area (TPSA) is 86.9 Å². The highest BCUT2D eigenvalue weighted by Crippen LogP contribution is 2.45. The number of benzene rings is 2. The van der Waals surface area contributed by atoms with Crippen LogP contribution in [0.25, 0.3) is 21.3 Å². The summed E-state index contributed by atoms with van der Waals surface area (Å²) in [7, 11) is 5.32. The number of hydrogen-bond donors (Lipinski definition) is 1. The molecule has 0 unspecified atom stereocenters. The van der Waals surface area contributed by atoms with Gasteiger partial charge >= 0.3 is 5.97 Å². The lowest BCUT2D eigenvalue weighted by molar-refractivity contribution is 0.0741. The number of likely N-dealkylation sites (N-methyl/N-ethyl adjacent to an activating group) is 1. The number of carbonyl (C=O) groups is 1. The number of aromatic nitrogens is 1. The first-order valence-electron chi connectivity index (χ1n) is 11.3. The number of rotatable bonds is 5. The van der Waals surface area contributed by atoms with Crippen molar-refractivity contribution in [1.29, 1.82) is 0 Å². The minimum Gasteiger partial charge on any atom is -0.493 e. The van der Waals surface area contributed by atoms with Gasteiger partial charge in [-0.05, 0) is 49.4 Å². The average molecular weight is 490 g/mol. The molecule has 1 aliphatic rings. The molecule has 0 spiro atoms. The number of carbonyl (C=O) groups excluding carboxylic acids is 1. The Hall–Kier alpha value is -3.62. The van der Waals surface area contributed by atoms with Gasteiger partial charge in [-0.15, -0.1) is 11.3 Å². The van der Waals surface area contributed by atoms with Gasteiger partial charge in [0.15, 0.2) is 11.5 Å². The molecule has 0 radical (unpaired) electrons. The summed E-state index contributed by atoms with van der Waals surface area (Å²) in [5.74, 6) is 1.27. The van der Waals surface area contributed by atoms with Crippen LogP contribution < -0.4 is 19.9 Å². The molecule has 4 aromatic rings. The highest BCUT2D eigenvalue weighted by atomic mass is 32.1. The molecule has 0 aliphatic carbocycles. The molecule has 0 atom stereocenters. The van der Waals surface area contributed by atoms with Crippen molar-refractivity contribution in [2.24, 2.45) is 0 Å². The largest absolute Gasteiger partial charge is 0.493 e. The predicted molar refractivity (Wildman–Crippen MR) is 139 cm³/mol. The second kappa shape index (κ2) is 9.20. The van der Waals surface area contributed by atoms with Crippen LogP contribution in [0.2, 0.25) is 0 Å². The van der Waals surface area contributed by atoms with Gasteiger partial charge in [0.1, 0.15) is 15.5 Å². The van der Waals surface area contributed by atoms with Crippen molar-refractivity contribution in [3.05, 3.63) is 64.2 Å². The zero-order chi connectivity index (χ0) is 24.7. The number of esters is 1. The van der Waals surface area contributed by atoms with Crippen LogP contribution in [0, 0.1) is 6.92 Å². The molecule has 8 heteroatoms. The fourth-order valence-electron chi connectivity index (χ4n) is 4.48.